The Labute approximate surface area is 170 Å². The number of hydrogen-bond donors (Lipinski definition) is 1. The van der Waals surface area contributed by atoms with Crippen LogP contribution in [0.3, 0.4) is 0 Å². The van der Waals surface area contributed by atoms with Gasteiger partial charge in [0.15, 0.2) is 5.82 Å². The number of hydrogen-bond acceptors (Lipinski definition) is 4. The molecule has 2 aliphatic heterocycles. The van der Waals surface area contributed by atoms with Gasteiger partial charge in [0.05, 0.1) is 6.04 Å². The largest absolute Gasteiger partial charge is 0.381 e. The number of anilines is 1. The van der Waals surface area contributed by atoms with Gasteiger partial charge in [-0.15, -0.1) is 0 Å². The molecule has 0 spiro atoms. The first kappa shape index (κ1) is 19.4. The number of aromatic nitrogens is 2. The number of amides is 1. The summed E-state index contributed by atoms with van der Waals surface area (Å²) < 4.78 is 7.35. The van der Waals surface area contributed by atoms with Crippen LogP contribution < -0.4 is 10.2 Å². The average molecular weight is 403 g/mol. The predicted molar refractivity (Wildman–Crippen MR) is 110 cm³/mol. The van der Waals surface area contributed by atoms with Gasteiger partial charge in [0.2, 0.25) is 5.91 Å². The number of halogens is 1. The molecule has 2 saturated heterocycles. The van der Waals surface area contributed by atoms with Crippen LogP contribution in [0.15, 0.2) is 36.5 Å². The van der Waals surface area contributed by atoms with E-state index in [1.165, 1.54) is 0 Å². The molecule has 28 heavy (non-hydrogen) atoms. The highest BCUT2D eigenvalue weighted by molar-refractivity contribution is 6.31. The first-order valence-corrected chi connectivity index (χ1v) is 10.3. The lowest BCUT2D eigenvalue weighted by atomic mass is 9.74. The zero-order chi connectivity index (χ0) is 19.6. The van der Waals surface area contributed by atoms with Crippen molar-refractivity contribution in [2.24, 2.45) is 7.05 Å². The number of rotatable bonds is 5. The maximum absolute atomic E-state index is 13.1. The number of nitrogens with one attached hydrogen (secondary N) is 1. The molecule has 0 radical (unpaired) electrons. The Morgan fingerprint density at radius 2 is 2.07 bits per heavy atom. The molecule has 2 aliphatic rings. The summed E-state index contributed by atoms with van der Waals surface area (Å²) >= 11 is 6.55. The molecule has 4 rings (SSSR count). The highest BCUT2D eigenvalue weighted by Crippen LogP contribution is 2.38. The topological polar surface area (TPSA) is 59.4 Å². The monoisotopic (exact) mass is 402 g/mol. The Morgan fingerprint density at radius 1 is 1.29 bits per heavy atom. The van der Waals surface area contributed by atoms with E-state index in [2.05, 4.69) is 16.5 Å². The molecule has 0 bridgehead atoms. The fourth-order valence-electron chi connectivity index (χ4n) is 4.35. The van der Waals surface area contributed by atoms with Crippen molar-refractivity contribution >= 4 is 23.3 Å². The molecular formula is C21H27ClN4O2. The zero-order valence-corrected chi connectivity index (χ0v) is 17.0. The number of benzene rings is 1. The van der Waals surface area contributed by atoms with Crippen molar-refractivity contribution < 1.29 is 9.53 Å². The molecule has 0 aliphatic carbocycles. The zero-order valence-electron chi connectivity index (χ0n) is 16.2. The molecule has 0 saturated carbocycles. The van der Waals surface area contributed by atoms with Gasteiger partial charge in [-0.1, -0.05) is 29.8 Å². The minimum atomic E-state index is -0.196. The first-order chi connectivity index (χ1) is 13.6. The highest BCUT2D eigenvalue weighted by atomic mass is 35.5. The fourth-order valence-corrected chi connectivity index (χ4v) is 4.69. The van der Waals surface area contributed by atoms with Crippen molar-refractivity contribution in [2.45, 2.75) is 37.1 Å². The van der Waals surface area contributed by atoms with Crippen LogP contribution in [-0.2, 0) is 22.0 Å². The molecule has 7 heteroatoms. The minimum Gasteiger partial charge on any atom is -0.381 e. The van der Waals surface area contributed by atoms with Crippen LogP contribution in [0, 0.1) is 0 Å². The molecule has 1 unspecified atom stereocenters. The summed E-state index contributed by atoms with van der Waals surface area (Å²) in [6.45, 7) is 2.86. The SMILES string of the molecule is Cn1ccc(N2CCCC(NCC3(c4ccccc4Cl)CCOCC3)C2=O)n1. The van der Waals surface area contributed by atoms with Gasteiger partial charge in [-0.05, 0) is 37.3 Å². The third kappa shape index (κ3) is 3.81. The van der Waals surface area contributed by atoms with Crippen LogP contribution in [0.25, 0.3) is 0 Å². The number of aryl methyl sites for hydroxylation is 1. The summed E-state index contributed by atoms with van der Waals surface area (Å²) in [6, 6.07) is 9.75. The van der Waals surface area contributed by atoms with Crippen molar-refractivity contribution in [1.82, 2.24) is 15.1 Å². The normalized spacial score (nSPS) is 22.4. The van der Waals surface area contributed by atoms with Crippen molar-refractivity contribution in [3.63, 3.8) is 0 Å². The van der Waals surface area contributed by atoms with Crippen LogP contribution in [0.4, 0.5) is 5.82 Å². The molecule has 1 aromatic carbocycles. The molecule has 1 amide bonds. The second kappa shape index (κ2) is 8.23. The molecule has 2 aromatic rings. The van der Waals surface area contributed by atoms with Gasteiger partial charge in [0, 0.05) is 56.1 Å². The lowest BCUT2D eigenvalue weighted by Gasteiger charge is -2.40. The third-order valence-corrected chi connectivity index (χ3v) is 6.33. The van der Waals surface area contributed by atoms with E-state index in [9.17, 15) is 4.79 Å². The molecular weight excluding hydrogens is 376 g/mol. The first-order valence-electron chi connectivity index (χ1n) is 9.96. The number of carbonyl (C=O) groups excluding carboxylic acids is 1. The average Bonchev–Trinajstić information content (AvgIpc) is 3.14. The summed E-state index contributed by atoms with van der Waals surface area (Å²) in [6.07, 6.45) is 5.47. The van der Waals surface area contributed by atoms with Gasteiger partial charge < -0.3 is 10.1 Å². The fraction of sp³-hybridized carbons (Fsp3) is 0.524. The van der Waals surface area contributed by atoms with Gasteiger partial charge in [0.25, 0.3) is 0 Å². The van der Waals surface area contributed by atoms with E-state index in [-0.39, 0.29) is 17.4 Å². The summed E-state index contributed by atoms with van der Waals surface area (Å²) in [5, 5.41) is 8.76. The Bertz CT molecular complexity index is 831. The van der Waals surface area contributed by atoms with E-state index in [0.717, 1.165) is 48.6 Å². The standard InChI is InChI=1S/C21H27ClN4O2/c1-25-12-8-19(24-25)26-11-4-7-18(20(26)27)23-15-21(9-13-28-14-10-21)16-5-2-3-6-17(16)22/h2-3,5-6,8,12,18,23H,4,7,9-11,13-15H2,1H3. The van der Waals surface area contributed by atoms with Crippen molar-refractivity contribution in [1.29, 1.82) is 0 Å². The van der Waals surface area contributed by atoms with E-state index in [4.69, 9.17) is 16.3 Å². The Balaban J connectivity index is 1.51. The summed E-state index contributed by atoms with van der Waals surface area (Å²) in [5.74, 6) is 0.831. The molecule has 2 fully saturated rings. The number of nitrogens with zero attached hydrogens (tertiary/aromatic N) is 3. The second-order valence-electron chi connectivity index (χ2n) is 7.79. The summed E-state index contributed by atoms with van der Waals surface area (Å²) in [7, 11) is 1.87. The molecule has 1 N–H and O–H groups in total. The Kier molecular flexibility index (Phi) is 5.71. The van der Waals surface area contributed by atoms with Gasteiger partial charge in [-0.3, -0.25) is 14.4 Å². The maximum Gasteiger partial charge on any atom is 0.245 e. The Morgan fingerprint density at radius 3 is 2.79 bits per heavy atom. The molecule has 1 atom stereocenters. The van der Waals surface area contributed by atoms with Crippen molar-refractivity contribution in [2.75, 3.05) is 31.2 Å². The quantitative estimate of drug-likeness (QED) is 0.835. The maximum atomic E-state index is 13.1. The lowest BCUT2D eigenvalue weighted by Crippen LogP contribution is -2.54. The number of ether oxygens (including phenoxy) is 1. The van der Waals surface area contributed by atoms with Crippen molar-refractivity contribution in [3.05, 3.63) is 47.1 Å². The van der Waals surface area contributed by atoms with Crippen LogP contribution in [0.2, 0.25) is 5.02 Å². The smallest absolute Gasteiger partial charge is 0.245 e. The van der Waals surface area contributed by atoms with Crippen LogP contribution in [-0.4, -0.2) is 48.0 Å². The van der Waals surface area contributed by atoms with E-state index in [1.54, 1.807) is 9.58 Å². The highest BCUT2D eigenvalue weighted by Gasteiger charge is 2.38. The molecule has 1 aromatic heterocycles. The van der Waals surface area contributed by atoms with Gasteiger partial charge in [0.1, 0.15) is 0 Å². The summed E-state index contributed by atoms with van der Waals surface area (Å²) in [4.78, 5) is 14.9. The molecule has 150 valence electrons. The van der Waals surface area contributed by atoms with E-state index in [1.807, 2.05) is 37.5 Å². The second-order valence-corrected chi connectivity index (χ2v) is 8.19. The predicted octanol–water partition coefficient (Wildman–Crippen LogP) is 2.91. The minimum absolute atomic E-state index is 0.103. The lowest BCUT2D eigenvalue weighted by molar-refractivity contribution is -0.121. The van der Waals surface area contributed by atoms with Crippen molar-refractivity contribution in [3.8, 4) is 0 Å². The third-order valence-electron chi connectivity index (χ3n) is 6.00. The van der Waals surface area contributed by atoms with E-state index < -0.39 is 0 Å². The number of carbonyl (C=O) groups is 1. The molecule has 3 heterocycles. The van der Waals surface area contributed by atoms with Crippen LogP contribution >= 0.6 is 11.6 Å². The van der Waals surface area contributed by atoms with E-state index >= 15 is 0 Å². The van der Waals surface area contributed by atoms with Crippen LogP contribution in [0.5, 0.6) is 0 Å². The van der Waals surface area contributed by atoms with Gasteiger partial charge in [-0.2, -0.15) is 5.10 Å². The Hall–Kier alpha value is -1.89. The van der Waals surface area contributed by atoms with Crippen LogP contribution in [0.1, 0.15) is 31.2 Å². The summed E-state index contributed by atoms with van der Waals surface area (Å²) in [5.41, 5.74) is 1.04. The van der Waals surface area contributed by atoms with E-state index in [0.29, 0.717) is 19.8 Å². The molecule has 6 nitrogen and oxygen atoms in total. The van der Waals surface area contributed by atoms with Gasteiger partial charge in [-0.25, -0.2) is 0 Å². The number of piperidine rings is 1. The van der Waals surface area contributed by atoms with Gasteiger partial charge >= 0.3 is 0 Å².